The van der Waals surface area contributed by atoms with Gasteiger partial charge in [-0.3, -0.25) is 14.5 Å². The molecular weight excluding hydrogens is 413 g/mol. The Morgan fingerprint density at radius 1 is 0.788 bits per heavy atom. The summed E-state index contributed by atoms with van der Waals surface area (Å²) in [6.45, 7) is 14.7. The van der Waals surface area contributed by atoms with Crippen LogP contribution in [0.3, 0.4) is 0 Å². The van der Waals surface area contributed by atoms with Gasteiger partial charge in [0.25, 0.3) is 0 Å². The van der Waals surface area contributed by atoms with Crippen molar-refractivity contribution >= 4 is 11.6 Å². The van der Waals surface area contributed by atoms with E-state index in [9.17, 15) is 14.0 Å². The Bertz CT molecular complexity index is 802. The van der Waals surface area contributed by atoms with E-state index in [0.717, 1.165) is 37.2 Å². The molecule has 0 N–H and O–H groups in total. The quantitative estimate of drug-likeness (QED) is 0.255. The second-order valence-electron chi connectivity index (χ2n) is 8.27. The van der Waals surface area contributed by atoms with Crippen molar-refractivity contribution in [2.45, 2.75) is 86.6 Å². The van der Waals surface area contributed by atoms with Gasteiger partial charge < -0.3 is 0 Å². The smallest absolute Gasteiger partial charge is 0.228 e. The molecule has 3 nitrogen and oxygen atoms in total. The number of carbonyl (C=O) groups excluding carboxylic acids is 2. The minimum absolute atomic E-state index is 0.0832. The second kappa shape index (κ2) is 19.2. The molecular formula is C29H44FNO2. The number of carbonyl (C=O) groups is 2. The van der Waals surface area contributed by atoms with Gasteiger partial charge in [0.2, 0.25) is 5.78 Å². The Morgan fingerprint density at radius 3 is 1.85 bits per heavy atom. The molecule has 33 heavy (non-hydrogen) atoms. The Kier molecular flexibility index (Phi) is 17.8. The fourth-order valence-electron chi connectivity index (χ4n) is 3.21. The van der Waals surface area contributed by atoms with Crippen LogP contribution in [0.4, 0.5) is 4.39 Å². The van der Waals surface area contributed by atoms with Crippen molar-refractivity contribution in [3.8, 4) is 0 Å². The number of nitrogens with zero attached hydrogens (tertiary/aromatic N) is 1. The Morgan fingerprint density at radius 2 is 1.36 bits per heavy atom. The first-order valence-corrected chi connectivity index (χ1v) is 12.4. The van der Waals surface area contributed by atoms with Crippen LogP contribution in [0.5, 0.6) is 0 Å². The van der Waals surface area contributed by atoms with Gasteiger partial charge in [-0.25, -0.2) is 4.39 Å². The highest BCUT2D eigenvalue weighted by atomic mass is 19.1. The van der Waals surface area contributed by atoms with Gasteiger partial charge in [-0.2, -0.15) is 0 Å². The van der Waals surface area contributed by atoms with Crippen LogP contribution in [0.15, 0.2) is 48.5 Å². The number of hydrogen-bond donors (Lipinski definition) is 0. The molecule has 0 bridgehead atoms. The summed E-state index contributed by atoms with van der Waals surface area (Å²) < 4.78 is 13.5. The van der Waals surface area contributed by atoms with Crippen molar-refractivity contribution in [3.05, 3.63) is 71.0 Å². The van der Waals surface area contributed by atoms with E-state index < -0.39 is 11.6 Å². The Balaban J connectivity index is 0.000000530. The highest BCUT2D eigenvalue weighted by Crippen LogP contribution is 2.11. The number of Topliss-reactive ketones (excluding diaryl/α,β-unsaturated/α-hetero) is 2. The first-order valence-electron chi connectivity index (χ1n) is 12.4. The lowest BCUT2D eigenvalue weighted by Gasteiger charge is -2.21. The minimum atomic E-state index is -0.413. The number of unbranched alkanes of at least 4 members (excludes halogenated alkanes) is 3. The van der Waals surface area contributed by atoms with E-state index in [4.69, 9.17) is 0 Å². The summed E-state index contributed by atoms with van der Waals surface area (Å²) in [5.74, 6) is -0.905. The molecule has 2 aromatic rings. The van der Waals surface area contributed by atoms with Crippen molar-refractivity contribution in [2.24, 2.45) is 0 Å². The maximum absolute atomic E-state index is 13.5. The standard InChI is InChI=1S/C14H22FN.C10H10O2.C5H12/c1-3-5-11-16(10-4-2)12-13-8-6-7-9-14(13)15;1-7-5-3-4-6-9(7)10(12)8(2)11;1-3-5-4-2/h6-9H,3-5,10-12H2,1-2H3;3-6H,1-2H3;3-5H2,1-2H3. The molecule has 0 spiro atoms. The van der Waals surface area contributed by atoms with Gasteiger partial charge >= 0.3 is 0 Å². The van der Waals surface area contributed by atoms with Crippen LogP contribution in [0.1, 0.15) is 94.6 Å². The normalized spacial score (nSPS) is 10.1. The maximum Gasteiger partial charge on any atom is 0.228 e. The molecule has 2 aromatic carbocycles. The molecule has 0 aliphatic rings. The van der Waals surface area contributed by atoms with E-state index in [0.29, 0.717) is 5.56 Å². The van der Waals surface area contributed by atoms with E-state index in [1.54, 1.807) is 24.3 Å². The lowest BCUT2D eigenvalue weighted by molar-refractivity contribution is -0.113. The molecule has 0 heterocycles. The van der Waals surface area contributed by atoms with Crippen LogP contribution in [-0.2, 0) is 11.3 Å². The van der Waals surface area contributed by atoms with Crippen LogP contribution < -0.4 is 0 Å². The predicted molar refractivity (Wildman–Crippen MR) is 138 cm³/mol. The SMILES string of the molecule is CC(=O)C(=O)c1ccccc1C.CCCCC.CCCCN(CCC)Cc1ccccc1F. The van der Waals surface area contributed by atoms with Crippen molar-refractivity contribution in [1.82, 2.24) is 4.90 Å². The Hall–Kier alpha value is -2.33. The lowest BCUT2D eigenvalue weighted by Crippen LogP contribution is -2.25. The predicted octanol–water partition coefficient (Wildman–Crippen LogP) is 7.80. The summed E-state index contributed by atoms with van der Waals surface area (Å²) >= 11 is 0. The third-order valence-corrected chi connectivity index (χ3v) is 5.14. The van der Waals surface area contributed by atoms with E-state index in [1.165, 1.54) is 39.0 Å². The van der Waals surface area contributed by atoms with Gasteiger partial charge in [-0.15, -0.1) is 0 Å². The van der Waals surface area contributed by atoms with Crippen LogP contribution >= 0.6 is 0 Å². The van der Waals surface area contributed by atoms with Crippen molar-refractivity contribution in [1.29, 1.82) is 0 Å². The number of ketones is 2. The monoisotopic (exact) mass is 457 g/mol. The highest BCUT2D eigenvalue weighted by molar-refractivity contribution is 6.43. The van der Waals surface area contributed by atoms with Crippen molar-refractivity contribution in [2.75, 3.05) is 13.1 Å². The zero-order valence-electron chi connectivity index (χ0n) is 21.6. The summed E-state index contributed by atoms with van der Waals surface area (Å²) in [5.41, 5.74) is 2.16. The number of halogens is 1. The zero-order valence-corrected chi connectivity index (χ0v) is 21.6. The third kappa shape index (κ3) is 13.7. The van der Waals surface area contributed by atoms with Crippen LogP contribution in [0.25, 0.3) is 0 Å². The molecule has 0 amide bonds. The van der Waals surface area contributed by atoms with Crippen LogP contribution in [0, 0.1) is 12.7 Å². The molecule has 0 aliphatic carbocycles. The van der Waals surface area contributed by atoms with Gasteiger partial charge in [0.15, 0.2) is 5.78 Å². The highest BCUT2D eigenvalue weighted by Gasteiger charge is 2.12. The van der Waals surface area contributed by atoms with Crippen LogP contribution in [0.2, 0.25) is 0 Å². The van der Waals surface area contributed by atoms with Gasteiger partial charge in [-0.05, 0) is 44.5 Å². The molecule has 0 atom stereocenters. The molecule has 0 saturated carbocycles. The zero-order chi connectivity index (χ0) is 25.1. The summed E-state index contributed by atoms with van der Waals surface area (Å²) in [7, 11) is 0. The van der Waals surface area contributed by atoms with Gasteiger partial charge in [0.05, 0.1) is 0 Å². The molecule has 0 radical (unpaired) electrons. The van der Waals surface area contributed by atoms with Crippen molar-refractivity contribution in [3.63, 3.8) is 0 Å². The molecule has 0 aliphatic heterocycles. The van der Waals surface area contributed by atoms with Gasteiger partial charge in [0, 0.05) is 24.6 Å². The number of benzene rings is 2. The van der Waals surface area contributed by atoms with E-state index in [2.05, 4.69) is 32.6 Å². The Labute approximate surface area is 201 Å². The molecule has 0 aromatic heterocycles. The lowest BCUT2D eigenvalue weighted by atomic mass is 10.0. The van der Waals surface area contributed by atoms with Gasteiger partial charge in [-0.1, -0.05) is 95.8 Å². The third-order valence-electron chi connectivity index (χ3n) is 5.14. The number of hydrogen-bond acceptors (Lipinski definition) is 3. The summed E-state index contributed by atoms with van der Waals surface area (Å²) in [5, 5.41) is 0. The minimum Gasteiger partial charge on any atom is -0.299 e. The van der Waals surface area contributed by atoms with Crippen LogP contribution in [-0.4, -0.2) is 29.6 Å². The fourth-order valence-corrected chi connectivity index (χ4v) is 3.21. The van der Waals surface area contributed by atoms with E-state index in [-0.39, 0.29) is 5.82 Å². The summed E-state index contributed by atoms with van der Waals surface area (Å²) in [4.78, 5) is 24.3. The molecule has 4 heteroatoms. The summed E-state index contributed by atoms with van der Waals surface area (Å²) in [6.07, 6.45) is 7.58. The topological polar surface area (TPSA) is 37.4 Å². The van der Waals surface area contributed by atoms with Crippen molar-refractivity contribution < 1.29 is 14.0 Å². The van der Waals surface area contributed by atoms with E-state index in [1.807, 2.05) is 31.2 Å². The first kappa shape index (κ1) is 30.7. The molecule has 0 fully saturated rings. The van der Waals surface area contributed by atoms with E-state index >= 15 is 0 Å². The molecule has 2 rings (SSSR count). The average molecular weight is 458 g/mol. The molecule has 184 valence electrons. The number of aryl methyl sites for hydroxylation is 1. The van der Waals surface area contributed by atoms with Gasteiger partial charge in [0.1, 0.15) is 5.82 Å². The fraction of sp³-hybridized carbons (Fsp3) is 0.517. The first-order chi connectivity index (χ1) is 15.8. The summed E-state index contributed by atoms with van der Waals surface area (Å²) in [6, 6.07) is 14.1. The average Bonchev–Trinajstić information content (AvgIpc) is 2.80. The second-order valence-corrected chi connectivity index (χ2v) is 8.27. The largest absolute Gasteiger partial charge is 0.299 e. The number of rotatable bonds is 11. The molecule has 0 unspecified atom stereocenters. The maximum atomic E-state index is 13.5. The molecule has 0 saturated heterocycles.